The molecule has 3 aromatic heterocycles. The molecule has 0 bridgehead atoms. The van der Waals surface area contributed by atoms with E-state index in [9.17, 15) is 4.79 Å². The van der Waals surface area contributed by atoms with Gasteiger partial charge in [-0.3, -0.25) is 19.4 Å². The molecular weight excluding hydrogens is 334 g/mol. The molecule has 10 heteroatoms. The molecule has 1 aliphatic heterocycles. The van der Waals surface area contributed by atoms with Crippen LogP contribution in [0.5, 0.6) is 0 Å². The lowest BCUT2D eigenvalue weighted by Crippen LogP contribution is -2.49. The zero-order valence-electron chi connectivity index (χ0n) is 14.4. The van der Waals surface area contributed by atoms with E-state index in [0.717, 1.165) is 37.8 Å². The maximum Gasteiger partial charge on any atom is 0.256 e. The van der Waals surface area contributed by atoms with Crippen LogP contribution >= 0.6 is 0 Å². The van der Waals surface area contributed by atoms with Gasteiger partial charge < -0.3 is 4.90 Å². The van der Waals surface area contributed by atoms with Crippen LogP contribution in [0.4, 0.5) is 11.9 Å². The van der Waals surface area contributed by atoms with Crippen LogP contribution in [0, 0.1) is 6.92 Å². The van der Waals surface area contributed by atoms with Gasteiger partial charge in [-0.15, -0.1) is 10.2 Å². The van der Waals surface area contributed by atoms with E-state index < -0.39 is 0 Å². The number of anilines is 2. The highest BCUT2D eigenvalue weighted by Crippen LogP contribution is 2.10. The largest absolute Gasteiger partial charge is 0.338 e. The highest BCUT2D eigenvalue weighted by atomic mass is 16.2. The Morgan fingerprint density at radius 1 is 1.15 bits per heavy atom. The normalized spacial score (nSPS) is 15.3. The van der Waals surface area contributed by atoms with Gasteiger partial charge in [-0.25, -0.2) is 15.0 Å². The zero-order chi connectivity index (χ0) is 17.9. The van der Waals surface area contributed by atoms with Crippen LogP contribution in [0.15, 0.2) is 30.7 Å². The van der Waals surface area contributed by atoms with E-state index in [1.54, 1.807) is 29.1 Å². The first-order valence-corrected chi connectivity index (χ1v) is 8.41. The second kappa shape index (κ2) is 7.00. The summed E-state index contributed by atoms with van der Waals surface area (Å²) in [6, 6.07) is 3.64. The minimum atomic E-state index is -0.121. The highest BCUT2D eigenvalue weighted by Gasteiger charge is 2.21. The van der Waals surface area contributed by atoms with Gasteiger partial charge in [0.05, 0.1) is 6.54 Å². The first-order chi connectivity index (χ1) is 12.7. The summed E-state index contributed by atoms with van der Waals surface area (Å²) in [6.45, 7) is 5.30. The number of hydrogen-bond acceptors (Lipinski definition) is 8. The quantitative estimate of drug-likeness (QED) is 0.698. The summed E-state index contributed by atoms with van der Waals surface area (Å²) in [5.74, 6) is 1.46. The molecule has 10 nitrogen and oxygen atoms in total. The van der Waals surface area contributed by atoms with E-state index in [0.29, 0.717) is 18.3 Å². The Morgan fingerprint density at radius 2 is 1.92 bits per heavy atom. The molecule has 1 amide bonds. The van der Waals surface area contributed by atoms with Crippen molar-refractivity contribution in [3.05, 3.63) is 36.4 Å². The van der Waals surface area contributed by atoms with Gasteiger partial charge in [0.15, 0.2) is 0 Å². The van der Waals surface area contributed by atoms with Crippen LogP contribution in [0.25, 0.3) is 5.78 Å². The molecule has 0 aromatic carbocycles. The van der Waals surface area contributed by atoms with Gasteiger partial charge in [0.25, 0.3) is 5.78 Å². The van der Waals surface area contributed by atoms with E-state index >= 15 is 0 Å². The number of aromatic nitrogens is 6. The average Bonchev–Trinajstić information content (AvgIpc) is 3.04. The van der Waals surface area contributed by atoms with Gasteiger partial charge in [-0.1, -0.05) is 0 Å². The number of amides is 1. The van der Waals surface area contributed by atoms with E-state index in [1.807, 2.05) is 13.0 Å². The van der Waals surface area contributed by atoms with Gasteiger partial charge in [0, 0.05) is 50.5 Å². The van der Waals surface area contributed by atoms with Gasteiger partial charge in [-0.05, 0) is 19.1 Å². The van der Waals surface area contributed by atoms with Gasteiger partial charge >= 0.3 is 0 Å². The lowest BCUT2D eigenvalue weighted by atomic mass is 10.3. The van der Waals surface area contributed by atoms with Gasteiger partial charge in [0.2, 0.25) is 17.8 Å². The summed E-state index contributed by atoms with van der Waals surface area (Å²) >= 11 is 0. The van der Waals surface area contributed by atoms with Crippen LogP contribution in [-0.2, 0) is 4.79 Å². The molecule has 4 rings (SSSR count). The van der Waals surface area contributed by atoms with E-state index in [-0.39, 0.29) is 5.91 Å². The molecule has 1 saturated heterocycles. The van der Waals surface area contributed by atoms with E-state index in [1.165, 1.54) is 0 Å². The number of carbonyl (C=O) groups is 1. The van der Waals surface area contributed by atoms with Crippen LogP contribution in [0.2, 0.25) is 0 Å². The number of hydrogen-bond donors (Lipinski definition) is 1. The third-order valence-corrected chi connectivity index (χ3v) is 4.24. The van der Waals surface area contributed by atoms with E-state index in [2.05, 4.69) is 40.3 Å². The lowest BCUT2D eigenvalue weighted by molar-refractivity contribution is -0.117. The smallest absolute Gasteiger partial charge is 0.256 e. The van der Waals surface area contributed by atoms with Crippen LogP contribution < -0.4 is 10.2 Å². The van der Waals surface area contributed by atoms with Crippen LogP contribution in [0.3, 0.4) is 0 Å². The predicted molar refractivity (Wildman–Crippen MR) is 94.8 cm³/mol. The first kappa shape index (κ1) is 16.3. The standard InChI is InChI=1S/C16H19N9O/c1-12-3-6-25-15(19-12)21-22-16(25)20-13(26)11-23-7-9-24(10-8-23)14-17-4-2-5-18-14/h2-6H,7-11H2,1H3,(H,20,22,26). The third kappa shape index (κ3) is 3.45. The second-order valence-electron chi connectivity index (χ2n) is 6.12. The second-order valence-corrected chi connectivity index (χ2v) is 6.12. The number of carbonyl (C=O) groups excluding carboxylic acids is 1. The van der Waals surface area contributed by atoms with E-state index in [4.69, 9.17) is 0 Å². The topological polar surface area (TPSA) is 104 Å². The van der Waals surface area contributed by atoms with Gasteiger partial charge in [0.1, 0.15) is 0 Å². The summed E-state index contributed by atoms with van der Waals surface area (Å²) in [5.41, 5.74) is 0.850. The van der Waals surface area contributed by atoms with Crippen molar-refractivity contribution in [3.8, 4) is 0 Å². The molecule has 0 spiro atoms. The number of nitrogens with zero attached hydrogens (tertiary/aromatic N) is 8. The van der Waals surface area contributed by atoms with Crippen LogP contribution in [0.1, 0.15) is 5.69 Å². The summed E-state index contributed by atoms with van der Waals surface area (Å²) in [7, 11) is 0. The molecule has 0 atom stereocenters. The summed E-state index contributed by atoms with van der Waals surface area (Å²) in [4.78, 5) is 29.4. The van der Waals surface area contributed by atoms with Crippen molar-refractivity contribution in [1.82, 2.24) is 34.4 Å². The number of piperazine rings is 1. The average molecular weight is 353 g/mol. The maximum absolute atomic E-state index is 12.3. The molecule has 0 saturated carbocycles. The Balaban J connectivity index is 1.33. The van der Waals surface area contributed by atoms with Crippen molar-refractivity contribution in [1.29, 1.82) is 0 Å². The van der Waals surface area contributed by atoms with Gasteiger partial charge in [-0.2, -0.15) is 0 Å². The SMILES string of the molecule is Cc1ccn2c(NC(=O)CN3CCN(c4ncccn4)CC3)nnc2n1. The minimum Gasteiger partial charge on any atom is -0.338 e. The number of nitrogens with one attached hydrogen (secondary N) is 1. The highest BCUT2D eigenvalue weighted by molar-refractivity contribution is 5.90. The molecule has 0 aliphatic carbocycles. The Kier molecular flexibility index (Phi) is 4.40. The molecular formula is C16H19N9O. The van der Waals surface area contributed by atoms with Crippen molar-refractivity contribution in [3.63, 3.8) is 0 Å². The maximum atomic E-state index is 12.3. The zero-order valence-corrected chi connectivity index (χ0v) is 14.4. The molecule has 134 valence electrons. The van der Waals surface area contributed by atoms with Crippen molar-refractivity contribution < 1.29 is 4.79 Å². The van der Waals surface area contributed by atoms with Crippen molar-refractivity contribution in [2.45, 2.75) is 6.92 Å². The summed E-state index contributed by atoms with van der Waals surface area (Å²) < 4.78 is 1.66. The Hall–Kier alpha value is -3.14. The first-order valence-electron chi connectivity index (χ1n) is 8.41. The fourth-order valence-corrected chi connectivity index (χ4v) is 2.89. The van der Waals surface area contributed by atoms with Crippen LogP contribution in [-0.4, -0.2) is 73.1 Å². The summed E-state index contributed by atoms with van der Waals surface area (Å²) in [6.07, 6.45) is 5.27. The van der Waals surface area contributed by atoms with Crippen molar-refractivity contribution in [2.24, 2.45) is 0 Å². The monoisotopic (exact) mass is 353 g/mol. The number of fused-ring (bicyclic) bond motifs is 1. The molecule has 4 heterocycles. The molecule has 3 aromatic rings. The molecule has 1 aliphatic rings. The molecule has 1 fully saturated rings. The van der Waals surface area contributed by atoms with Crippen molar-refractivity contribution >= 4 is 23.6 Å². The predicted octanol–water partition coefficient (Wildman–Crippen LogP) is -0.0166. The fourth-order valence-electron chi connectivity index (χ4n) is 2.89. The Bertz CT molecular complexity index is 902. The minimum absolute atomic E-state index is 0.121. The fraction of sp³-hybridized carbons (Fsp3) is 0.375. The number of aryl methyl sites for hydroxylation is 1. The Labute approximate surface area is 149 Å². The van der Waals surface area contributed by atoms with Crippen molar-refractivity contribution in [2.75, 3.05) is 42.9 Å². The lowest BCUT2D eigenvalue weighted by Gasteiger charge is -2.34. The molecule has 0 radical (unpaired) electrons. The third-order valence-electron chi connectivity index (χ3n) is 4.24. The number of rotatable bonds is 4. The molecule has 1 N–H and O–H groups in total. The molecule has 26 heavy (non-hydrogen) atoms. The summed E-state index contributed by atoms with van der Waals surface area (Å²) in [5, 5.41) is 10.8. The Morgan fingerprint density at radius 3 is 2.69 bits per heavy atom. The molecule has 0 unspecified atom stereocenters.